The lowest BCUT2D eigenvalue weighted by atomic mass is 9.49. The fourth-order valence-electron chi connectivity index (χ4n) is 9.41. The number of rotatable bonds is 3. The first kappa shape index (κ1) is 31.9. The third-order valence-electron chi connectivity index (χ3n) is 11.0. The highest BCUT2D eigenvalue weighted by molar-refractivity contribution is 7.90. The molecule has 3 aliphatic carbocycles. The number of nitrogens with two attached hydrogens (primary N) is 2. The van der Waals surface area contributed by atoms with Crippen molar-refractivity contribution in [3.63, 3.8) is 0 Å². The summed E-state index contributed by atoms with van der Waals surface area (Å²) >= 11 is 0. The molecular weight excluding hydrogens is 560 g/mol. The van der Waals surface area contributed by atoms with Crippen molar-refractivity contribution in [2.45, 2.75) is 140 Å². The van der Waals surface area contributed by atoms with Crippen molar-refractivity contribution in [1.29, 1.82) is 0 Å². The van der Waals surface area contributed by atoms with Gasteiger partial charge in [0.15, 0.2) is 0 Å². The highest BCUT2D eigenvalue weighted by atomic mass is 32.2. The van der Waals surface area contributed by atoms with Crippen LogP contribution in [0.25, 0.3) is 0 Å². The molecule has 0 aromatic heterocycles. The zero-order valence-electron chi connectivity index (χ0n) is 27.0. The van der Waals surface area contributed by atoms with Crippen LogP contribution >= 0.6 is 0 Å². The molecule has 1 aromatic rings. The van der Waals surface area contributed by atoms with Gasteiger partial charge in [-0.1, -0.05) is 45.4 Å². The summed E-state index contributed by atoms with van der Waals surface area (Å²) in [5.41, 5.74) is 16.1. The molecule has 2 heterocycles. The van der Waals surface area contributed by atoms with Gasteiger partial charge in [0.25, 0.3) is 0 Å². The molecule has 5 aliphatic rings. The predicted octanol–water partition coefficient (Wildman–Crippen LogP) is 3.71. The highest BCUT2D eigenvalue weighted by Gasteiger charge is 2.59. The van der Waals surface area contributed by atoms with Gasteiger partial charge < -0.3 is 16.2 Å². The Bertz CT molecular complexity index is 1240. The van der Waals surface area contributed by atoms with E-state index in [9.17, 15) is 8.42 Å². The summed E-state index contributed by atoms with van der Waals surface area (Å²) < 4.78 is 37.5. The van der Waals surface area contributed by atoms with Crippen molar-refractivity contribution in [2.24, 2.45) is 28.2 Å². The number of aryl methyl sites for hydroxylation is 2. The van der Waals surface area contributed by atoms with Crippen LogP contribution in [0.4, 0.5) is 0 Å². The molecule has 0 radical (unpaired) electrons. The summed E-state index contributed by atoms with van der Waals surface area (Å²) in [6.45, 7) is 12.8. The molecule has 7 N–H and O–H groups in total. The van der Waals surface area contributed by atoms with Crippen LogP contribution in [0, 0.1) is 30.6 Å². The molecule has 6 atom stereocenters. The van der Waals surface area contributed by atoms with Crippen molar-refractivity contribution in [3.05, 3.63) is 34.9 Å². The zero-order chi connectivity index (χ0) is 30.8. The maximum atomic E-state index is 13.8. The van der Waals surface area contributed by atoms with Crippen LogP contribution in [0.5, 0.6) is 0 Å². The van der Waals surface area contributed by atoms with E-state index >= 15 is 0 Å². The number of sulfonamides is 1. The van der Waals surface area contributed by atoms with Gasteiger partial charge in [-0.05, 0) is 98.7 Å². The smallest absolute Gasteiger partial charge is 0.216 e. The van der Waals surface area contributed by atoms with E-state index in [-0.39, 0.29) is 34.4 Å². The normalized spacial score (nSPS) is 36.4. The molecule has 1 spiro atoms. The predicted molar refractivity (Wildman–Crippen MR) is 171 cm³/mol. The third kappa shape index (κ3) is 7.02. The summed E-state index contributed by atoms with van der Waals surface area (Å²) in [5.74, 6) is 0.349. The summed E-state index contributed by atoms with van der Waals surface area (Å²) in [6.07, 6.45) is 8.38. The van der Waals surface area contributed by atoms with Crippen molar-refractivity contribution in [2.75, 3.05) is 13.2 Å². The second-order valence-corrected chi connectivity index (χ2v) is 18.3. The Labute approximate surface area is 259 Å². The Hall–Kier alpha value is -1.11. The molecule has 5 fully saturated rings. The molecule has 2 aliphatic heterocycles. The average Bonchev–Trinajstić information content (AvgIpc) is 2.86. The monoisotopic (exact) mass is 616 g/mol. The number of nitrogens with zero attached hydrogens (tertiary/aromatic N) is 1. The summed E-state index contributed by atoms with van der Waals surface area (Å²) in [4.78, 5) is 2.73. The lowest BCUT2D eigenvalue weighted by Gasteiger charge is -2.64. The first-order chi connectivity index (χ1) is 20.1. The second-order valence-electron chi connectivity index (χ2n) is 16.3. The minimum atomic E-state index is -3.55. The summed E-state index contributed by atoms with van der Waals surface area (Å²) in [5, 5.41) is 6.69. The first-order valence-electron chi connectivity index (χ1n) is 16.6. The van der Waals surface area contributed by atoms with Gasteiger partial charge in [0.2, 0.25) is 10.0 Å². The SMILES string of the molecule is Cc1cccc(C)c1C1CC2NC(N1)NS(=O)(=O)C1CCCC(C1)CN(C1CC3(C1)CC(N)(N)C3)[C@H](CC(C)(C)C)CO2. The number of ether oxygens (including phenoxy) is 1. The quantitative estimate of drug-likeness (QED) is 0.325. The van der Waals surface area contributed by atoms with E-state index in [1.165, 1.54) is 16.7 Å². The molecule has 6 rings (SSSR count). The molecule has 10 heteroatoms. The second kappa shape index (κ2) is 11.6. The van der Waals surface area contributed by atoms with Gasteiger partial charge in [-0.25, -0.2) is 8.42 Å². The summed E-state index contributed by atoms with van der Waals surface area (Å²) in [6, 6.07) is 7.04. The number of hydrogen-bond donors (Lipinski definition) is 5. The van der Waals surface area contributed by atoms with E-state index in [1.54, 1.807) is 0 Å². The topological polar surface area (TPSA) is 135 Å². The van der Waals surface area contributed by atoms with Crippen molar-refractivity contribution < 1.29 is 13.2 Å². The largest absolute Gasteiger partial charge is 0.362 e. The lowest BCUT2D eigenvalue weighted by molar-refractivity contribution is -0.128. The van der Waals surface area contributed by atoms with Crippen LogP contribution in [0.1, 0.15) is 108 Å². The van der Waals surface area contributed by atoms with E-state index in [0.717, 1.165) is 57.9 Å². The Balaban J connectivity index is 1.31. The van der Waals surface area contributed by atoms with Crippen LogP contribution < -0.4 is 26.8 Å². The standard InChI is InChI=1S/C33H56N6O3S/c1-21-8-6-9-22(2)29(21)27-13-28-37-30(36-27)38-43(40,41)26-11-7-10-23(12-26)17-39(25(18-42-28)14-31(3,4)5)24-15-32(16-24)19-33(34,35)20-32/h6,8-9,23-28,30,36-38H,7,10-20,34-35H2,1-5H3/t23?,25-,26?,27?,28?,30?/m1/s1. The minimum absolute atomic E-state index is 0.0283. The average molecular weight is 617 g/mol. The molecule has 2 saturated heterocycles. The minimum Gasteiger partial charge on any atom is -0.362 e. The van der Waals surface area contributed by atoms with Crippen LogP contribution in [0.15, 0.2) is 18.2 Å². The van der Waals surface area contributed by atoms with Gasteiger partial charge in [-0.15, -0.1) is 0 Å². The van der Waals surface area contributed by atoms with Gasteiger partial charge in [0, 0.05) is 31.1 Å². The molecule has 242 valence electrons. The Morgan fingerprint density at radius 3 is 2.40 bits per heavy atom. The fourth-order valence-corrected chi connectivity index (χ4v) is 11.1. The molecule has 3 saturated carbocycles. The highest BCUT2D eigenvalue weighted by Crippen LogP contribution is 2.59. The molecule has 9 nitrogen and oxygen atoms in total. The molecule has 1 aromatic carbocycles. The number of fused-ring (bicyclic) bond motifs is 4. The molecular formula is C33H56N6O3S. The van der Waals surface area contributed by atoms with Gasteiger partial charge in [-0.3, -0.25) is 15.5 Å². The van der Waals surface area contributed by atoms with Crippen LogP contribution in [-0.4, -0.2) is 62.0 Å². The number of benzene rings is 1. The third-order valence-corrected chi connectivity index (χ3v) is 12.9. The molecule has 0 amide bonds. The Morgan fingerprint density at radius 1 is 1.05 bits per heavy atom. The number of nitrogens with one attached hydrogen (secondary N) is 3. The number of hydrogen-bond acceptors (Lipinski definition) is 8. The van der Waals surface area contributed by atoms with Crippen LogP contribution in [0.3, 0.4) is 0 Å². The van der Waals surface area contributed by atoms with E-state index in [0.29, 0.717) is 31.4 Å². The van der Waals surface area contributed by atoms with Gasteiger partial charge in [-0.2, -0.15) is 4.72 Å². The first-order valence-corrected chi connectivity index (χ1v) is 18.2. The molecule has 43 heavy (non-hydrogen) atoms. The van der Waals surface area contributed by atoms with Gasteiger partial charge in [0.1, 0.15) is 12.5 Å². The van der Waals surface area contributed by atoms with Crippen molar-refractivity contribution in [1.82, 2.24) is 20.3 Å². The van der Waals surface area contributed by atoms with E-state index < -0.39 is 22.0 Å². The Morgan fingerprint density at radius 2 is 1.74 bits per heavy atom. The van der Waals surface area contributed by atoms with Gasteiger partial charge in [0.05, 0.1) is 17.5 Å². The maximum Gasteiger partial charge on any atom is 0.216 e. The maximum absolute atomic E-state index is 13.8. The molecule has 4 bridgehead atoms. The van der Waals surface area contributed by atoms with E-state index in [4.69, 9.17) is 16.2 Å². The van der Waals surface area contributed by atoms with E-state index in [1.807, 2.05) is 0 Å². The van der Waals surface area contributed by atoms with Crippen LogP contribution in [-0.2, 0) is 14.8 Å². The van der Waals surface area contributed by atoms with E-state index in [2.05, 4.69) is 73.1 Å². The van der Waals surface area contributed by atoms with Crippen molar-refractivity contribution >= 4 is 10.0 Å². The van der Waals surface area contributed by atoms with Crippen molar-refractivity contribution in [3.8, 4) is 0 Å². The summed E-state index contributed by atoms with van der Waals surface area (Å²) in [7, 11) is -3.55. The van der Waals surface area contributed by atoms with Gasteiger partial charge >= 0.3 is 0 Å². The molecule has 5 unspecified atom stereocenters. The van der Waals surface area contributed by atoms with Crippen LogP contribution in [0.2, 0.25) is 0 Å². The Kier molecular flexibility index (Phi) is 8.59. The fraction of sp³-hybridized carbons (Fsp3) is 0.818. The lowest BCUT2D eigenvalue weighted by Crippen LogP contribution is -2.70. The zero-order valence-corrected chi connectivity index (χ0v) is 27.8.